The molecule has 4 nitrogen and oxygen atoms in total. The molecule has 0 saturated carbocycles. The van der Waals surface area contributed by atoms with E-state index >= 15 is 0 Å². The highest BCUT2D eigenvalue weighted by atomic mass is 32.1. The molecule has 1 aliphatic carbocycles. The van der Waals surface area contributed by atoms with Gasteiger partial charge in [-0.05, 0) is 37.3 Å². The average Bonchev–Trinajstić information content (AvgIpc) is 3.22. The number of fused-ring (bicyclic) bond motifs is 3. The van der Waals surface area contributed by atoms with E-state index in [2.05, 4.69) is 10.5 Å². The lowest BCUT2D eigenvalue weighted by Crippen LogP contribution is -2.14. The van der Waals surface area contributed by atoms with Crippen molar-refractivity contribution in [3.8, 4) is 12.1 Å². The molecular weight excluding hydrogens is 342 g/mol. The van der Waals surface area contributed by atoms with E-state index in [0.29, 0.717) is 10.1 Å². The number of nitriles is 2. The van der Waals surface area contributed by atoms with Crippen LogP contribution in [0.25, 0.3) is 17.2 Å². The summed E-state index contributed by atoms with van der Waals surface area (Å²) in [6.07, 6.45) is 5.84. The molecule has 0 radical (unpaired) electrons. The number of nitrogens with zero attached hydrogens (tertiary/aromatic N) is 3. The van der Waals surface area contributed by atoms with Crippen molar-refractivity contribution in [2.45, 2.75) is 25.7 Å². The highest BCUT2D eigenvalue weighted by molar-refractivity contribution is 7.08. The number of aryl methyl sites for hydroxylation is 2. The Hall–Kier alpha value is -3.15. The van der Waals surface area contributed by atoms with Gasteiger partial charge in [0, 0.05) is 17.3 Å². The summed E-state index contributed by atoms with van der Waals surface area (Å²) < 4.78 is 3.50. The number of hydrogen-bond donors (Lipinski definition) is 0. The third kappa shape index (κ3) is 2.63. The van der Waals surface area contributed by atoms with E-state index in [1.807, 2.05) is 30.3 Å². The number of benzene rings is 1. The third-order valence-electron chi connectivity index (χ3n) is 4.73. The van der Waals surface area contributed by atoms with Crippen molar-refractivity contribution in [2.75, 3.05) is 0 Å². The predicted molar refractivity (Wildman–Crippen MR) is 101 cm³/mol. The zero-order chi connectivity index (χ0) is 18.1. The summed E-state index contributed by atoms with van der Waals surface area (Å²) in [4.78, 5) is 12.7. The first-order valence-corrected chi connectivity index (χ1v) is 9.32. The van der Waals surface area contributed by atoms with Gasteiger partial charge in [-0.1, -0.05) is 30.3 Å². The van der Waals surface area contributed by atoms with Gasteiger partial charge >= 0.3 is 0 Å². The fourth-order valence-electron chi connectivity index (χ4n) is 3.52. The Morgan fingerprint density at radius 1 is 1.12 bits per heavy atom. The minimum absolute atomic E-state index is 0.0750. The number of carbonyl (C=O) groups excluding carboxylic acids is 1. The van der Waals surface area contributed by atoms with Crippen LogP contribution in [0.3, 0.4) is 0 Å². The average molecular weight is 357 g/mol. The van der Waals surface area contributed by atoms with Gasteiger partial charge in [0.05, 0.1) is 10.0 Å². The van der Waals surface area contributed by atoms with Gasteiger partial charge in [-0.25, -0.2) is 0 Å². The SMILES string of the molecule is N#CC(C#N)=c1s/c(=C\C(=O)c2ccccc2)n2c3c(cc12)CCCC3. The Labute approximate surface area is 154 Å². The second-order valence-electron chi connectivity index (χ2n) is 6.29. The number of carbonyl (C=O) groups is 1. The standard InChI is InChI=1S/C21H15N3OS/c22-12-16(13-23)21-18-10-15-8-4-5-9-17(15)24(18)20(26-21)11-19(25)14-6-2-1-3-7-14/h1-3,6-7,10-11H,4-5,8-9H2/b20-11-. The smallest absolute Gasteiger partial charge is 0.188 e. The van der Waals surface area contributed by atoms with Crippen LogP contribution in [0.1, 0.15) is 34.5 Å². The summed E-state index contributed by atoms with van der Waals surface area (Å²) in [6, 6.07) is 15.2. The van der Waals surface area contributed by atoms with Crippen molar-refractivity contribution in [3.05, 3.63) is 62.4 Å². The molecule has 0 aliphatic heterocycles. The molecule has 0 unspecified atom stereocenters. The molecule has 0 spiro atoms. The summed E-state index contributed by atoms with van der Waals surface area (Å²) >= 11 is 1.34. The number of ketones is 1. The molecule has 0 amide bonds. The van der Waals surface area contributed by atoms with Crippen molar-refractivity contribution in [3.63, 3.8) is 0 Å². The molecule has 3 aromatic rings. The van der Waals surface area contributed by atoms with Crippen LogP contribution in [0.15, 0.2) is 36.4 Å². The minimum atomic E-state index is -0.0750. The first kappa shape index (κ1) is 16.3. The number of hydrogen-bond acceptors (Lipinski definition) is 4. The van der Waals surface area contributed by atoms with E-state index in [-0.39, 0.29) is 11.4 Å². The van der Waals surface area contributed by atoms with Gasteiger partial charge in [-0.3, -0.25) is 4.79 Å². The van der Waals surface area contributed by atoms with Gasteiger partial charge < -0.3 is 4.40 Å². The Kier molecular flexibility index (Phi) is 4.16. The second-order valence-corrected chi connectivity index (χ2v) is 7.32. The van der Waals surface area contributed by atoms with Crippen LogP contribution in [0.5, 0.6) is 0 Å². The monoisotopic (exact) mass is 357 g/mol. The van der Waals surface area contributed by atoms with E-state index in [9.17, 15) is 15.3 Å². The summed E-state index contributed by atoms with van der Waals surface area (Å²) in [5.41, 5.74) is 4.06. The summed E-state index contributed by atoms with van der Waals surface area (Å²) in [6.45, 7) is 0. The highest BCUT2D eigenvalue weighted by Crippen LogP contribution is 2.23. The van der Waals surface area contributed by atoms with Gasteiger partial charge in [0.1, 0.15) is 22.4 Å². The fourth-order valence-corrected chi connectivity index (χ4v) is 4.64. The summed E-state index contributed by atoms with van der Waals surface area (Å²) in [7, 11) is 0. The molecular formula is C21H15N3OS. The fraction of sp³-hybridized carbons (Fsp3) is 0.190. The molecule has 0 saturated heterocycles. The maximum atomic E-state index is 12.7. The van der Waals surface area contributed by atoms with Crippen LogP contribution in [0, 0.1) is 22.7 Å². The van der Waals surface area contributed by atoms with Crippen molar-refractivity contribution >= 4 is 34.3 Å². The maximum absolute atomic E-state index is 12.7. The molecule has 1 aromatic carbocycles. The van der Waals surface area contributed by atoms with Gasteiger partial charge in [-0.15, -0.1) is 11.3 Å². The zero-order valence-corrected chi connectivity index (χ0v) is 14.8. The van der Waals surface area contributed by atoms with Crippen molar-refractivity contribution in [1.29, 1.82) is 10.5 Å². The first-order chi connectivity index (χ1) is 12.7. The molecule has 5 heteroatoms. The van der Waals surface area contributed by atoms with Crippen LogP contribution in [0.4, 0.5) is 0 Å². The summed E-state index contributed by atoms with van der Waals surface area (Å²) in [5, 5.41) is 18.6. The van der Waals surface area contributed by atoms with Crippen molar-refractivity contribution < 1.29 is 4.79 Å². The molecule has 0 bridgehead atoms. The Morgan fingerprint density at radius 2 is 1.85 bits per heavy atom. The van der Waals surface area contributed by atoms with Crippen molar-refractivity contribution in [2.24, 2.45) is 0 Å². The lowest BCUT2D eigenvalue weighted by Gasteiger charge is -2.11. The van der Waals surface area contributed by atoms with E-state index in [1.54, 1.807) is 18.2 Å². The molecule has 0 atom stereocenters. The van der Waals surface area contributed by atoms with E-state index in [1.165, 1.54) is 22.6 Å². The largest absolute Gasteiger partial charge is 0.304 e. The van der Waals surface area contributed by atoms with Crippen LogP contribution in [-0.2, 0) is 12.8 Å². The molecule has 2 aromatic heterocycles. The molecule has 0 N–H and O–H groups in total. The molecule has 1 aliphatic rings. The topological polar surface area (TPSA) is 69.1 Å². The van der Waals surface area contributed by atoms with Gasteiger partial charge in [0.25, 0.3) is 0 Å². The van der Waals surface area contributed by atoms with Gasteiger partial charge in [-0.2, -0.15) is 10.5 Å². The Bertz CT molecular complexity index is 1200. The van der Waals surface area contributed by atoms with Crippen LogP contribution >= 0.6 is 11.3 Å². The van der Waals surface area contributed by atoms with Gasteiger partial charge in [0.15, 0.2) is 5.78 Å². The van der Waals surface area contributed by atoms with Crippen LogP contribution < -0.4 is 9.20 Å². The second kappa shape index (κ2) is 6.63. The van der Waals surface area contributed by atoms with E-state index in [4.69, 9.17) is 0 Å². The Balaban J connectivity index is 2.04. The van der Waals surface area contributed by atoms with E-state index < -0.39 is 0 Å². The molecule has 2 heterocycles. The van der Waals surface area contributed by atoms with E-state index in [0.717, 1.165) is 35.9 Å². The molecule has 4 rings (SSSR count). The normalized spacial score (nSPS) is 13.8. The minimum Gasteiger partial charge on any atom is -0.304 e. The summed E-state index contributed by atoms with van der Waals surface area (Å²) in [5.74, 6) is -0.0750. The maximum Gasteiger partial charge on any atom is 0.188 e. The van der Waals surface area contributed by atoms with Crippen LogP contribution in [0.2, 0.25) is 0 Å². The number of Topliss-reactive ketones (excluding diaryl/α,β-unsaturated/α-hetero) is 1. The molecule has 26 heavy (non-hydrogen) atoms. The zero-order valence-electron chi connectivity index (χ0n) is 14.0. The number of rotatable bonds is 2. The van der Waals surface area contributed by atoms with Crippen molar-refractivity contribution in [1.82, 2.24) is 4.40 Å². The number of aromatic nitrogens is 1. The Morgan fingerprint density at radius 3 is 2.58 bits per heavy atom. The molecule has 126 valence electrons. The van der Waals surface area contributed by atoms with Crippen LogP contribution in [-0.4, -0.2) is 10.2 Å². The van der Waals surface area contributed by atoms with Gasteiger partial charge in [0.2, 0.25) is 0 Å². The first-order valence-electron chi connectivity index (χ1n) is 8.50. The predicted octanol–water partition coefficient (Wildman–Crippen LogP) is 2.74. The quantitative estimate of drug-likeness (QED) is 0.662. The third-order valence-corrected chi connectivity index (χ3v) is 5.85. The lowest BCUT2D eigenvalue weighted by atomic mass is 9.98. The highest BCUT2D eigenvalue weighted by Gasteiger charge is 2.18. The molecule has 0 fully saturated rings. The lowest BCUT2D eigenvalue weighted by molar-refractivity contribution is 0.106. The number of thiazole rings is 1.